The Morgan fingerprint density at radius 3 is 2.39 bits per heavy atom. The van der Waals surface area contributed by atoms with Crippen LogP contribution >= 0.6 is 0 Å². The highest BCUT2D eigenvalue weighted by Gasteiger charge is 2.40. The van der Waals surface area contributed by atoms with Gasteiger partial charge in [0, 0.05) is 5.69 Å². The third kappa shape index (κ3) is 5.41. The predicted octanol–water partition coefficient (Wildman–Crippen LogP) is 3.10. The first-order valence-electron chi connectivity index (χ1n) is 10.3. The minimum atomic E-state index is -0.802. The molecule has 1 aliphatic rings. The molecule has 2 rings (SSSR count). The number of hydrogen-bond acceptors (Lipinski definition) is 4. The van der Waals surface area contributed by atoms with Crippen LogP contribution in [0.1, 0.15) is 63.9 Å². The smallest absolute Gasteiger partial charge is 0.293 e. The normalized spacial score (nSPS) is 16.8. The van der Waals surface area contributed by atoms with Gasteiger partial charge in [0.05, 0.1) is 11.6 Å². The van der Waals surface area contributed by atoms with E-state index in [0.29, 0.717) is 12.1 Å². The highest BCUT2D eigenvalue weighted by Crippen LogP contribution is 2.28. The van der Waals surface area contributed by atoms with Gasteiger partial charge in [0.2, 0.25) is 11.7 Å². The van der Waals surface area contributed by atoms with E-state index >= 15 is 0 Å². The highest BCUT2D eigenvalue weighted by molar-refractivity contribution is 6.42. The number of anilines is 1. The summed E-state index contributed by atoms with van der Waals surface area (Å²) in [6, 6.07) is 6.51. The van der Waals surface area contributed by atoms with Gasteiger partial charge in [-0.05, 0) is 44.9 Å². The van der Waals surface area contributed by atoms with Crippen molar-refractivity contribution < 1.29 is 14.4 Å². The molecule has 6 nitrogen and oxygen atoms in total. The standard InChI is InChI=1S/C22H33N3O3/c1-4-5-12-18(25-21(28)22(23-3)14-9-6-10-15-22)19(26)20(27)24-17-13-8-7-11-16(17)2/h7-8,11,13,18,23H,4-6,9-10,12,14-15H2,1-3H3,(H,24,27)(H,25,28)/t18-/m0/s1. The minimum absolute atomic E-state index is 0.173. The fraction of sp³-hybridized carbons (Fsp3) is 0.591. The highest BCUT2D eigenvalue weighted by atomic mass is 16.2. The molecule has 0 radical (unpaired) electrons. The lowest BCUT2D eigenvalue weighted by molar-refractivity contribution is -0.138. The summed E-state index contributed by atoms with van der Waals surface area (Å²) < 4.78 is 0. The van der Waals surface area contributed by atoms with Crippen molar-refractivity contribution in [2.45, 2.75) is 76.8 Å². The largest absolute Gasteiger partial charge is 0.344 e. The SMILES string of the molecule is CCCC[C@H](NC(=O)C1(NC)CCCCC1)C(=O)C(=O)Nc1ccccc1C. The molecule has 154 valence electrons. The summed E-state index contributed by atoms with van der Waals surface area (Å²) in [4.78, 5) is 38.4. The second-order valence-corrected chi connectivity index (χ2v) is 7.69. The molecule has 1 atom stereocenters. The van der Waals surface area contributed by atoms with Crippen LogP contribution in [0.3, 0.4) is 0 Å². The van der Waals surface area contributed by atoms with Gasteiger partial charge in [0.1, 0.15) is 0 Å². The van der Waals surface area contributed by atoms with Crippen molar-refractivity contribution in [3.63, 3.8) is 0 Å². The Balaban J connectivity index is 2.10. The third-order valence-corrected chi connectivity index (χ3v) is 5.71. The zero-order chi connectivity index (χ0) is 20.6. The Kier molecular flexibility index (Phi) is 8.18. The summed E-state index contributed by atoms with van der Waals surface area (Å²) in [5.74, 6) is -1.45. The Hall–Kier alpha value is -2.21. The zero-order valence-electron chi connectivity index (χ0n) is 17.3. The molecule has 0 aliphatic heterocycles. The molecule has 0 spiro atoms. The molecule has 1 aromatic carbocycles. The van der Waals surface area contributed by atoms with Crippen molar-refractivity contribution >= 4 is 23.3 Å². The number of hydrogen-bond donors (Lipinski definition) is 3. The van der Waals surface area contributed by atoms with Crippen LogP contribution in [0.2, 0.25) is 0 Å². The number of unbranched alkanes of at least 4 members (excludes halogenated alkanes) is 1. The van der Waals surface area contributed by atoms with E-state index in [1.807, 2.05) is 32.0 Å². The molecule has 28 heavy (non-hydrogen) atoms. The van der Waals surface area contributed by atoms with Gasteiger partial charge in [0.15, 0.2) is 0 Å². The number of carbonyl (C=O) groups is 3. The van der Waals surface area contributed by atoms with Gasteiger partial charge in [-0.25, -0.2) is 0 Å². The fourth-order valence-corrected chi connectivity index (χ4v) is 3.77. The second-order valence-electron chi connectivity index (χ2n) is 7.69. The Morgan fingerprint density at radius 2 is 1.79 bits per heavy atom. The van der Waals surface area contributed by atoms with Crippen LogP contribution in [-0.4, -0.2) is 36.2 Å². The van der Waals surface area contributed by atoms with Crippen molar-refractivity contribution in [2.24, 2.45) is 0 Å². The average Bonchev–Trinajstić information content (AvgIpc) is 2.72. The molecule has 1 saturated carbocycles. The van der Waals surface area contributed by atoms with Crippen LogP contribution in [0.5, 0.6) is 0 Å². The topological polar surface area (TPSA) is 87.3 Å². The van der Waals surface area contributed by atoms with Crippen molar-refractivity contribution in [3.8, 4) is 0 Å². The van der Waals surface area contributed by atoms with Crippen molar-refractivity contribution in [1.29, 1.82) is 0 Å². The van der Waals surface area contributed by atoms with Gasteiger partial charge in [-0.15, -0.1) is 0 Å². The number of para-hydroxylation sites is 1. The Labute approximate surface area is 167 Å². The molecule has 1 aliphatic carbocycles. The Morgan fingerprint density at radius 1 is 1.11 bits per heavy atom. The van der Waals surface area contributed by atoms with Gasteiger partial charge in [-0.1, -0.05) is 57.2 Å². The van der Waals surface area contributed by atoms with Crippen molar-refractivity contribution in [3.05, 3.63) is 29.8 Å². The first-order valence-corrected chi connectivity index (χ1v) is 10.3. The molecule has 0 heterocycles. The quantitative estimate of drug-likeness (QED) is 0.568. The summed E-state index contributed by atoms with van der Waals surface area (Å²) >= 11 is 0. The molecule has 0 unspecified atom stereocenters. The van der Waals surface area contributed by atoms with Crippen molar-refractivity contribution in [2.75, 3.05) is 12.4 Å². The minimum Gasteiger partial charge on any atom is -0.344 e. The molecule has 2 amide bonds. The van der Waals surface area contributed by atoms with Crippen LogP contribution in [0.4, 0.5) is 5.69 Å². The molecule has 0 bridgehead atoms. The van der Waals surface area contributed by atoms with Crippen molar-refractivity contribution in [1.82, 2.24) is 10.6 Å². The number of Topliss-reactive ketones (excluding diaryl/α,β-unsaturated/α-hetero) is 1. The first-order chi connectivity index (χ1) is 13.4. The lowest BCUT2D eigenvalue weighted by atomic mass is 9.80. The monoisotopic (exact) mass is 387 g/mol. The van der Waals surface area contributed by atoms with E-state index in [1.165, 1.54) is 0 Å². The van der Waals surface area contributed by atoms with Crippen LogP contribution in [0.25, 0.3) is 0 Å². The molecule has 0 aromatic heterocycles. The lowest BCUT2D eigenvalue weighted by Crippen LogP contribution is -2.60. The maximum absolute atomic E-state index is 13.0. The second kappa shape index (κ2) is 10.4. The van der Waals surface area contributed by atoms with Gasteiger partial charge in [0.25, 0.3) is 5.91 Å². The van der Waals surface area contributed by atoms with E-state index in [-0.39, 0.29) is 5.91 Å². The van der Waals surface area contributed by atoms with Gasteiger partial charge >= 0.3 is 0 Å². The molecule has 1 aromatic rings. The maximum atomic E-state index is 13.0. The van der Waals surface area contributed by atoms with E-state index < -0.39 is 23.3 Å². The summed E-state index contributed by atoms with van der Waals surface area (Å²) in [6.07, 6.45) is 6.69. The molecule has 0 saturated heterocycles. The zero-order valence-corrected chi connectivity index (χ0v) is 17.3. The number of aryl methyl sites for hydroxylation is 1. The van der Waals surface area contributed by atoms with E-state index in [0.717, 1.165) is 50.5 Å². The fourth-order valence-electron chi connectivity index (χ4n) is 3.77. The number of amides is 2. The number of nitrogens with one attached hydrogen (secondary N) is 3. The van der Waals surface area contributed by atoms with E-state index in [2.05, 4.69) is 16.0 Å². The van der Waals surface area contributed by atoms with Crippen LogP contribution in [0.15, 0.2) is 24.3 Å². The van der Waals surface area contributed by atoms with Gasteiger partial charge in [-0.2, -0.15) is 0 Å². The van der Waals surface area contributed by atoms with Crippen LogP contribution in [-0.2, 0) is 14.4 Å². The maximum Gasteiger partial charge on any atom is 0.293 e. The predicted molar refractivity (Wildman–Crippen MR) is 111 cm³/mol. The Bertz CT molecular complexity index is 696. The number of benzene rings is 1. The molecule has 1 fully saturated rings. The first kappa shape index (κ1) is 22.1. The lowest BCUT2D eigenvalue weighted by Gasteiger charge is -2.36. The number of carbonyl (C=O) groups excluding carboxylic acids is 3. The van der Waals surface area contributed by atoms with E-state index in [9.17, 15) is 14.4 Å². The number of likely N-dealkylation sites (N-methyl/N-ethyl adjacent to an activating group) is 1. The average molecular weight is 388 g/mol. The number of rotatable bonds is 9. The summed E-state index contributed by atoms with van der Waals surface area (Å²) in [7, 11) is 1.79. The summed E-state index contributed by atoms with van der Waals surface area (Å²) in [5, 5.41) is 8.74. The van der Waals surface area contributed by atoms with Crippen LogP contribution in [0, 0.1) is 6.92 Å². The summed E-state index contributed by atoms with van der Waals surface area (Å²) in [6.45, 7) is 3.89. The van der Waals surface area contributed by atoms with E-state index in [4.69, 9.17) is 0 Å². The van der Waals surface area contributed by atoms with E-state index in [1.54, 1.807) is 13.1 Å². The molecular weight excluding hydrogens is 354 g/mol. The molecular formula is C22H33N3O3. The molecule has 3 N–H and O–H groups in total. The van der Waals surface area contributed by atoms with Crippen LogP contribution < -0.4 is 16.0 Å². The summed E-state index contributed by atoms with van der Waals surface area (Å²) in [5.41, 5.74) is 0.852. The molecule has 6 heteroatoms. The third-order valence-electron chi connectivity index (χ3n) is 5.71. The van der Waals surface area contributed by atoms with Gasteiger partial charge < -0.3 is 16.0 Å². The van der Waals surface area contributed by atoms with Gasteiger partial charge in [-0.3, -0.25) is 14.4 Å². The number of ketones is 1.